The van der Waals surface area contributed by atoms with Gasteiger partial charge in [-0.3, -0.25) is 14.2 Å². The van der Waals surface area contributed by atoms with Crippen LogP contribution in [0.1, 0.15) is 54.9 Å². The van der Waals surface area contributed by atoms with E-state index in [2.05, 4.69) is 10.3 Å². The zero-order chi connectivity index (χ0) is 24.7. The number of pyridine rings is 1. The maximum atomic E-state index is 14.1. The zero-order valence-electron chi connectivity index (χ0n) is 19.2. The van der Waals surface area contributed by atoms with E-state index in [-0.39, 0.29) is 34.5 Å². The number of rotatable bonds is 5. The molecule has 182 valence electrons. The number of benzene rings is 1. The summed E-state index contributed by atoms with van der Waals surface area (Å²) in [5, 5.41) is 3.04. The normalized spacial score (nSPS) is 19.9. The first-order valence-corrected chi connectivity index (χ1v) is 11.7. The van der Waals surface area contributed by atoms with Crippen LogP contribution < -0.4 is 16.6 Å². The number of fused-ring (bicyclic) bond motifs is 1. The average molecular weight is 480 g/mol. The van der Waals surface area contributed by atoms with Crippen LogP contribution in [-0.2, 0) is 9.53 Å². The highest BCUT2D eigenvalue weighted by molar-refractivity contribution is 5.90. The van der Waals surface area contributed by atoms with Gasteiger partial charge in [-0.25, -0.2) is 23.5 Å². The molecule has 0 bridgehead atoms. The number of ether oxygens (including phenoxy) is 1. The van der Waals surface area contributed by atoms with E-state index in [1.807, 2.05) is 0 Å². The molecule has 2 saturated carbocycles. The van der Waals surface area contributed by atoms with Crippen molar-refractivity contribution in [1.29, 1.82) is 0 Å². The number of carbonyl (C=O) groups is 2. The number of esters is 1. The van der Waals surface area contributed by atoms with Crippen LogP contribution in [0.4, 0.5) is 4.39 Å². The minimum atomic E-state index is -0.693. The molecular formula is C25H25FN4O5. The van der Waals surface area contributed by atoms with Crippen molar-refractivity contribution in [3.63, 3.8) is 0 Å². The number of hydrogen-bond acceptors (Lipinski definition) is 6. The summed E-state index contributed by atoms with van der Waals surface area (Å²) in [6.45, 7) is 0. The van der Waals surface area contributed by atoms with Crippen molar-refractivity contribution in [1.82, 2.24) is 19.4 Å². The van der Waals surface area contributed by atoms with Crippen LogP contribution in [0.5, 0.6) is 0 Å². The molecule has 2 aliphatic rings. The van der Waals surface area contributed by atoms with E-state index in [0.29, 0.717) is 31.4 Å². The predicted octanol–water partition coefficient (Wildman–Crippen LogP) is 2.48. The Morgan fingerprint density at radius 3 is 2.51 bits per heavy atom. The van der Waals surface area contributed by atoms with E-state index in [0.717, 1.165) is 29.7 Å². The van der Waals surface area contributed by atoms with Crippen molar-refractivity contribution < 1.29 is 18.7 Å². The van der Waals surface area contributed by atoms with Crippen molar-refractivity contribution in [3.05, 3.63) is 68.7 Å². The van der Waals surface area contributed by atoms with Crippen LogP contribution in [0, 0.1) is 11.7 Å². The molecule has 1 aromatic carbocycles. The molecule has 2 aliphatic carbocycles. The highest BCUT2D eigenvalue weighted by atomic mass is 19.1. The molecule has 2 fully saturated rings. The fraction of sp³-hybridized carbons (Fsp3) is 0.400. The van der Waals surface area contributed by atoms with E-state index >= 15 is 0 Å². The summed E-state index contributed by atoms with van der Waals surface area (Å²) in [6.07, 6.45) is 5.09. The van der Waals surface area contributed by atoms with Crippen molar-refractivity contribution in [2.75, 3.05) is 7.11 Å². The molecule has 0 aliphatic heterocycles. The highest BCUT2D eigenvalue weighted by Gasteiger charge is 2.33. The number of aromatic nitrogens is 3. The van der Waals surface area contributed by atoms with Crippen molar-refractivity contribution >= 4 is 22.9 Å². The van der Waals surface area contributed by atoms with Gasteiger partial charge in [0.15, 0.2) is 5.65 Å². The number of carbonyl (C=O) groups excluding carboxylic acids is 2. The Labute approximate surface area is 199 Å². The first kappa shape index (κ1) is 22.9. The fourth-order valence-electron chi connectivity index (χ4n) is 4.77. The topological polar surface area (TPSA) is 112 Å². The Hall–Kier alpha value is -3.82. The summed E-state index contributed by atoms with van der Waals surface area (Å²) < 4.78 is 21.2. The first-order chi connectivity index (χ1) is 16.9. The van der Waals surface area contributed by atoms with E-state index in [1.54, 1.807) is 18.2 Å². The number of hydrogen-bond donors (Lipinski definition) is 1. The van der Waals surface area contributed by atoms with Crippen LogP contribution in [0.15, 0.2) is 46.1 Å². The fourth-order valence-corrected chi connectivity index (χ4v) is 4.77. The third-order valence-corrected chi connectivity index (χ3v) is 6.77. The molecular weight excluding hydrogens is 455 g/mol. The van der Waals surface area contributed by atoms with E-state index in [1.165, 1.54) is 17.7 Å². The third kappa shape index (κ3) is 4.36. The summed E-state index contributed by atoms with van der Waals surface area (Å²) >= 11 is 0. The van der Waals surface area contributed by atoms with Crippen LogP contribution >= 0.6 is 0 Å². The van der Waals surface area contributed by atoms with E-state index in [9.17, 15) is 23.6 Å². The quantitative estimate of drug-likeness (QED) is 0.562. The third-order valence-electron chi connectivity index (χ3n) is 6.77. The molecule has 0 radical (unpaired) electrons. The molecule has 10 heteroatoms. The van der Waals surface area contributed by atoms with Crippen LogP contribution in [0.2, 0.25) is 0 Å². The lowest BCUT2D eigenvalue weighted by molar-refractivity contribution is -0.123. The summed E-state index contributed by atoms with van der Waals surface area (Å²) in [5.74, 6) is -1.08. The van der Waals surface area contributed by atoms with Crippen molar-refractivity contribution in [3.8, 4) is 5.69 Å². The van der Waals surface area contributed by atoms with Crippen LogP contribution in [0.25, 0.3) is 16.7 Å². The molecule has 0 spiro atoms. The lowest BCUT2D eigenvalue weighted by Gasteiger charge is -2.30. The number of halogens is 1. The van der Waals surface area contributed by atoms with Crippen LogP contribution in [0.3, 0.4) is 0 Å². The minimum absolute atomic E-state index is 0.00467. The summed E-state index contributed by atoms with van der Waals surface area (Å²) in [5.41, 5.74) is -0.694. The lowest BCUT2D eigenvalue weighted by atomic mass is 9.90. The van der Waals surface area contributed by atoms with Crippen molar-refractivity contribution in [2.45, 2.75) is 50.6 Å². The summed E-state index contributed by atoms with van der Waals surface area (Å²) in [6, 6.07) is 6.88. The standard InChI is InChI=1S/C25H25FN4O5/c1-35-24(33)15-3-2-4-19(11-15)29-21-20(12-16(26)13-27-21)23(32)30(25(29)34)18-9-7-17(8-10-18)28-22(31)14-5-6-14/h2-4,11-14,17-18H,5-10H2,1H3,(H,28,31)/t17-,18+. The van der Waals surface area contributed by atoms with Crippen LogP contribution in [-0.4, -0.2) is 39.1 Å². The van der Waals surface area contributed by atoms with Gasteiger partial charge in [0.2, 0.25) is 5.91 Å². The molecule has 5 rings (SSSR count). The number of amides is 1. The SMILES string of the molecule is COC(=O)c1cccc(-n2c(=O)n([C@H]3CC[C@@H](NC(=O)C4CC4)CC3)c(=O)c3cc(F)cnc32)c1. The molecule has 0 saturated heterocycles. The second kappa shape index (κ2) is 9.09. The maximum Gasteiger partial charge on any atom is 0.337 e. The number of methoxy groups -OCH3 is 1. The monoisotopic (exact) mass is 480 g/mol. The Morgan fingerprint density at radius 2 is 1.83 bits per heavy atom. The molecule has 35 heavy (non-hydrogen) atoms. The largest absolute Gasteiger partial charge is 0.465 e. The Balaban J connectivity index is 1.57. The van der Waals surface area contributed by atoms with Crippen molar-refractivity contribution in [2.24, 2.45) is 5.92 Å². The molecule has 2 heterocycles. The Kier molecular flexibility index (Phi) is 5.96. The Bertz CT molecular complexity index is 1430. The predicted molar refractivity (Wildman–Crippen MR) is 125 cm³/mol. The number of nitrogens with zero attached hydrogens (tertiary/aromatic N) is 3. The van der Waals surface area contributed by atoms with Gasteiger partial charge in [-0.2, -0.15) is 0 Å². The summed E-state index contributed by atoms with van der Waals surface area (Å²) in [7, 11) is 1.25. The van der Waals surface area contributed by atoms with Gasteiger partial charge in [-0.05, 0) is 62.8 Å². The van der Waals surface area contributed by atoms with Gasteiger partial charge in [-0.1, -0.05) is 6.07 Å². The summed E-state index contributed by atoms with van der Waals surface area (Å²) in [4.78, 5) is 55.3. The number of nitrogens with one attached hydrogen (secondary N) is 1. The maximum absolute atomic E-state index is 14.1. The van der Waals surface area contributed by atoms with Gasteiger partial charge in [0.25, 0.3) is 5.56 Å². The van der Waals surface area contributed by atoms with Gasteiger partial charge in [0, 0.05) is 18.0 Å². The molecule has 0 atom stereocenters. The second-order valence-electron chi connectivity index (χ2n) is 9.15. The molecule has 2 aromatic heterocycles. The van der Waals surface area contributed by atoms with Gasteiger partial charge >= 0.3 is 11.7 Å². The molecule has 0 unspecified atom stereocenters. The highest BCUT2D eigenvalue weighted by Crippen LogP contribution is 2.31. The van der Waals surface area contributed by atoms with E-state index < -0.39 is 29.1 Å². The Morgan fingerprint density at radius 1 is 1.09 bits per heavy atom. The average Bonchev–Trinajstić information content (AvgIpc) is 3.71. The molecule has 1 amide bonds. The van der Waals surface area contributed by atoms with Gasteiger partial charge < -0.3 is 10.1 Å². The zero-order valence-corrected chi connectivity index (χ0v) is 19.2. The molecule has 3 aromatic rings. The van der Waals surface area contributed by atoms with Gasteiger partial charge in [-0.15, -0.1) is 0 Å². The minimum Gasteiger partial charge on any atom is -0.465 e. The lowest BCUT2D eigenvalue weighted by Crippen LogP contribution is -2.45. The smallest absolute Gasteiger partial charge is 0.337 e. The molecule has 9 nitrogen and oxygen atoms in total. The van der Waals surface area contributed by atoms with Gasteiger partial charge in [0.05, 0.1) is 29.9 Å². The first-order valence-electron chi connectivity index (χ1n) is 11.7. The molecule has 1 N–H and O–H groups in total. The second-order valence-corrected chi connectivity index (χ2v) is 9.15. The van der Waals surface area contributed by atoms with Gasteiger partial charge in [0.1, 0.15) is 5.82 Å². The van der Waals surface area contributed by atoms with E-state index in [4.69, 9.17) is 4.74 Å².